The number of carbonyl (C=O) groups is 2. The smallest absolute Gasteiger partial charge is 0.255 e. The molecule has 3 rings (SSSR count). The Balaban J connectivity index is 1.82. The van der Waals surface area contributed by atoms with Gasteiger partial charge >= 0.3 is 0 Å². The van der Waals surface area contributed by atoms with Crippen molar-refractivity contribution >= 4 is 35.0 Å². The van der Waals surface area contributed by atoms with Crippen LogP contribution in [0.15, 0.2) is 42.5 Å². The average Bonchev–Trinajstić information content (AvgIpc) is 3.37. The number of halogens is 2. The summed E-state index contributed by atoms with van der Waals surface area (Å²) in [6.07, 6.45) is 1.96. The van der Waals surface area contributed by atoms with E-state index in [4.69, 9.17) is 28.9 Å². The Hall–Kier alpha value is -2.04. The maximum Gasteiger partial charge on any atom is 0.255 e. The second-order valence-corrected chi connectivity index (χ2v) is 6.69. The van der Waals surface area contributed by atoms with E-state index in [0.29, 0.717) is 27.7 Å². The molecule has 1 fully saturated rings. The summed E-state index contributed by atoms with van der Waals surface area (Å²) in [5.41, 5.74) is 7.08. The van der Waals surface area contributed by atoms with Crippen molar-refractivity contribution in [1.82, 2.24) is 4.90 Å². The molecule has 2 N–H and O–H groups in total. The summed E-state index contributed by atoms with van der Waals surface area (Å²) in [5.74, 6) is -0.581. The summed E-state index contributed by atoms with van der Waals surface area (Å²) < 4.78 is 0. The van der Waals surface area contributed by atoms with Gasteiger partial charge in [-0.15, -0.1) is 0 Å². The Labute approximate surface area is 150 Å². The van der Waals surface area contributed by atoms with Crippen LogP contribution >= 0.6 is 23.2 Å². The van der Waals surface area contributed by atoms with Crippen LogP contribution in [0.25, 0.3) is 0 Å². The number of rotatable bonds is 5. The Morgan fingerprint density at radius 1 is 1.08 bits per heavy atom. The molecule has 0 atom stereocenters. The van der Waals surface area contributed by atoms with E-state index in [1.165, 1.54) is 0 Å². The van der Waals surface area contributed by atoms with Crippen LogP contribution in [0, 0.1) is 0 Å². The summed E-state index contributed by atoms with van der Waals surface area (Å²) in [7, 11) is 0. The van der Waals surface area contributed by atoms with E-state index in [2.05, 4.69) is 0 Å². The summed E-state index contributed by atoms with van der Waals surface area (Å²) >= 11 is 12.1. The number of primary amides is 1. The predicted octanol–water partition coefficient (Wildman–Crippen LogP) is 3.90. The molecule has 1 aliphatic rings. The third-order valence-corrected chi connectivity index (χ3v) is 4.55. The molecule has 1 saturated carbocycles. The van der Waals surface area contributed by atoms with Gasteiger partial charge in [-0.1, -0.05) is 35.3 Å². The summed E-state index contributed by atoms with van der Waals surface area (Å²) in [6, 6.07) is 12.1. The molecule has 4 nitrogen and oxygen atoms in total. The molecule has 0 saturated heterocycles. The average molecular weight is 363 g/mol. The van der Waals surface area contributed by atoms with E-state index >= 15 is 0 Å². The van der Waals surface area contributed by atoms with Crippen LogP contribution in [0.4, 0.5) is 0 Å². The van der Waals surface area contributed by atoms with Gasteiger partial charge in [0.05, 0.1) is 10.6 Å². The third kappa shape index (κ3) is 3.71. The number of amides is 2. The zero-order chi connectivity index (χ0) is 17.3. The zero-order valence-electron chi connectivity index (χ0n) is 12.8. The largest absolute Gasteiger partial charge is 0.366 e. The normalized spacial score (nSPS) is 13.6. The van der Waals surface area contributed by atoms with Crippen molar-refractivity contribution in [3.8, 4) is 0 Å². The molecule has 0 aliphatic heterocycles. The molecule has 0 heterocycles. The standard InChI is InChI=1S/C18H16Cl2N2O2/c19-13-5-8-15(16(20)9-13)18(24)22(14-6-7-14)10-11-1-3-12(4-2-11)17(21)23/h1-5,8-9,14H,6-7,10H2,(H2,21,23). The minimum Gasteiger partial charge on any atom is -0.366 e. The Morgan fingerprint density at radius 2 is 1.75 bits per heavy atom. The Kier molecular flexibility index (Phi) is 4.78. The number of nitrogens with zero attached hydrogens (tertiary/aromatic N) is 1. The van der Waals surface area contributed by atoms with Crippen LogP contribution in [0.1, 0.15) is 39.1 Å². The highest BCUT2D eigenvalue weighted by Gasteiger charge is 2.33. The number of carbonyl (C=O) groups excluding carboxylic acids is 2. The van der Waals surface area contributed by atoms with Crippen molar-refractivity contribution in [3.63, 3.8) is 0 Å². The van der Waals surface area contributed by atoms with E-state index in [9.17, 15) is 9.59 Å². The topological polar surface area (TPSA) is 63.4 Å². The van der Waals surface area contributed by atoms with Crippen LogP contribution in [0.2, 0.25) is 10.0 Å². The highest BCUT2D eigenvalue weighted by atomic mass is 35.5. The Bertz CT molecular complexity index is 786. The van der Waals surface area contributed by atoms with Crippen molar-refractivity contribution in [1.29, 1.82) is 0 Å². The molecule has 0 spiro atoms. The molecule has 2 amide bonds. The molecular weight excluding hydrogens is 347 g/mol. The zero-order valence-corrected chi connectivity index (χ0v) is 14.3. The van der Waals surface area contributed by atoms with E-state index in [-0.39, 0.29) is 11.9 Å². The van der Waals surface area contributed by atoms with Crippen LogP contribution < -0.4 is 5.73 Å². The minimum absolute atomic E-state index is 0.113. The molecule has 0 radical (unpaired) electrons. The molecule has 1 aliphatic carbocycles. The van der Waals surface area contributed by atoms with Crippen molar-refractivity contribution in [2.75, 3.05) is 0 Å². The van der Waals surface area contributed by atoms with Gasteiger partial charge in [0, 0.05) is 23.2 Å². The van der Waals surface area contributed by atoms with E-state index < -0.39 is 5.91 Å². The quantitative estimate of drug-likeness (QED) is 0.876. The minimum atomic E-state index is -0.468. The van der Waals surface area contributed by atoms with E-state index in [1.807, 2.05) is 17.0 Å². The lowest BCUT2D eigenvalue weighted by atomic mass is 10.1. The fourth-order valence-electron chi connectivity index (χ4n) is 2.54. The first-order chi connectivity index (χ1) is 11.5. The molecule has 2 aromatic rings. The summed E-state index contributed by atoms with van der Waals surface area (Å²) in [4.78, 5) is 25.8. The number of benzene rings is 2. The molecular formula is C18H16Cl2N2O2. The highest BCUT2D eigenvalue weighted by Crippen LogP contribution is 2.32. The summed E-state index contributed by atoms with van der Waals surface area (Å²) in [6.45, 7) is 0.460. The maximum absolute atomic E-state index is 12.9. The van der Waals surface area contributed by atoms with E-state index in [0.717, 1.165) is 18.4 Å². The lowest BCUT2D eigenvalue weighted by Crippen LogP contribution is -2.32. The van der Waals surface area contributed by atoms with Gasteiger partial charge in [0.15, 0.2) is 0 Å². The number of nitrogens with two attached hydrogens (primary N) is 1. The summed E-state index contributed by atoms with van der Waals surface area (Å²) in [5, 5.41) is 0.846. The number of hydrogen-bond acceptors (Lipinski definition) is 2. The van der Waals surface area contributed by atoms with Gasteiger partial charge in [0.25, 0.3) is 5.91 Å². The van der Waals surface area contributed by atoms with Crippen LogP contribution in [-0.2, 0) is 6.54 Å². The maximum atomic E-state index is 12.9. The lowest BCUT2D eigenvalue weighted by molar-refractivity contribution is 0.0729. The van der Waals surface area contributed by atoms with Gasteiger partial charge in [-0.2, -0.15) is 0 Å². The SMILES string of the molecule is NC(=O)c1ccc(CN(C(=O)c2ccc(Cl)cc2Cl)C2CC2)cc1. The van der Waals surface area contributed by atoms with Crippen molar-refractivity contribution < 1.29 is 9.59 Å². The van der Waals surface area contributed by atoms with Crippen LogP contribution in [0.5, 0.6) is 0 Å². The molecule has 0 aromatic heterocycles. The van der Waals surface area contributed by atoms with Crippen molar-refractivity contribution in [3.05, 3.63) is 69.2 Å². The second kappa shape index (κ2) is 6.83. The van der Waals surface area contributed by atoms with Crippen molar-refractivity contribution in [2.24, 2.45) is 5.73 Å². The molecule has 24 heavy (non-hydrogen) atoms. The van der Waals surface area contributed by atoms with Gasteiger partial charge in [0.1, 0.15) is 0 Å². The first kappa shape index (κ1) is 16.8. The molecule has 6 heteroatoms. The monoisotopic (exact) mass is 362 g/mol. The fraction of sp³-hybridized carbons (Fsp3) is 0.222. The predicted molar refractivity (Wildman–Crippen MR) is 94.3 cm³/mol. The van der Waals surface area contributed by atoms with Gasteiger partial charge in [-0.05, 0) is 48.7 Å². The molecule has 124 valence electrons. The van der Waals surface area contributed by atoms with Gasteiger partial charge in [0.2, 0.25) is 5.91 Å². The van der Waals surface area contributed by atoms with E-state index in [1.54, 1.807) is 30.3 Å². The van der Waals surface area contributed by atoms with Crippen LogP contribution in [-0.4, -0.2) is 22.8 Å². The first-order valence-electron chi connectivity index (χ1n) is 7.60. The molecule has 0 bridgehead atoms. The molecule has 0 unspecified atom stereocenters. The van der Waals surface area contributed by atoms with Gasteiger partial charge < -0.3 is 10.6 Å². The third-order valence-electron chi connectivity index (χ3n) is 4.00. The van der Waals surface area contributed by atoms with Crippen molar-refractivity contribution in [2.45, 2.75) is 25.4 Å². The number of hydrogen-bond donors (Lipinski definition) is 1. The second-order valence-electron chi connectivity index (χ2n) is 5.85. The van der Waals surface area contributed by atoms with Gasteiger partial charge in [-0.3, -0.25) is 9.59 Å². The Morgan fingerprint density at radius 3 is 2.29 bits per heavy atom. The van der Waals surface area contributed by atoms with Gasteiger partial charge in [-0.25, -0.2) is 0 Å². The fourth-order valence-corrected chi connectivity index (χ4v) is 3.03. The lowest BCUT2D eigenvalue weighted by Gasteiger charge is -2.23. The molecule has 2 aromatic carbocycles. The van der Waals surface area contributed by atoms with Crippen LogP contribution in [0.3, 0.4) is 0 Å². The first-order valence-corrected chi connectivity index (χ1v) is 8.36. The highest BCUT2D eigenvalue weighted by molar-refractivity contribution is 6.36.